The largest absolute Gasteiger partial charge is 0.496 e. The van der Waals surface area contributed by atoms with Crippen LogP contribution in [0.2, 0.25) is 0 Å². The molecule has 1 aliphatic rings. The molecule has 0 saturated carbocycles. The summed E-state index contributed by atoms with van der Waals surface area (Å²) in [6, 6.07) is 12.4. The highest BCUT2D eigenvalue weighted by Gasteiger charge is 2.36. The van der Waals surface area contributed by atoms with Gasteiger partial charge in [-0.3, -0.25) is 9.59 Å². The van der Waals surface area contributed by atoms with E-state index in [2.05, 4.69) is 15.6 Å². The molecule has 1 aliphatic heterocycles. The zero-order valence-corrected chi connectivity index (χ0v) is 25.9. The molecule has 1 aromatic heterocycles. The Morgan fingerprint density at radius 1 is 0.977 bits per heavy atom. The average molecular weight is 651 g/mol. The van der Waals surface area contributed by atoms with Crippen molar-refractivity contribution >= 4 is 48.5 Å². The van der Waals surface area contributed by atoms with Gasteiger partial charge in [-0.15, -0.1) is 0 Å². The smallest absolute Gasteiger partial charge is 0.317 e. The predicted molar refractivity (Wildman–Crippen MR) is 160 cm³/mol. The quantitative estimate of drug-likeness (QED) is 0.251. The van der Waals surface area contributed by atoms with E-state index in [9.17, 15) is 31.2 Å². The molecule has 2 heterocycles. The number of amides is 3. The standard InChI is InChI=1S/C28H34N4O10S2/c1-40-21-9-5-3-7-19(21)18-44(38,39)24(17-30-28(35)32-13-15-41-16-14-32)26(34)29-12-11-23(43(2,36)37)25(33)27-31-20-8-4-6-10-22(20)42-27/h3-10,23-24H,11-18H2,1-2H3,(H,29,34)(H,30,35). The van der Waals surface area contributed by atoms with Crippen LogP contribution in [0.4, 0.5) is 4.79 Å². The van der Waals surface area contributed by atoms with Gasteiger partial charge in [0.05, 0.1) is 26.1 Å². The molecule has 14 nitrogen and oxygen atoms in total. The number of Topliss-reactive ketones (excluding diaryl/α,β-unsaturated/α-hetero) is 1. The Bertz CT molecular complexity index is 1680. The van der Waals surface area contributed by atoms with Crippen molar-refractivity contribution in [1.82, 2.24) is 20.5 Å². The highest BCUT2D eigenvalue weighted by Crippen LogP contribution is 2.22. The van der Waals surface area contributed by atoms with Crippen LogP contribution in [-0.4, -0.2) is 108 Å². The van der Waals surface area contributed by atoms with Crippen molar-refractivity contribution in [2.75, 3.05) is 52.8 Å². The summed E-state index contributed by atoms with van der Waals surface area (Å²) in [4.78, 5) is 44.7. The number of hydrogen-bond acceptors (Lipinski definition) is 11. The fourth-order valence-electron chi connectivity index (χ4n) is 4.68. The molecule has 0 radical (unpaired) electrons. The van der Waals surface area contributed by atoms with Gasteiger partial charge in [0, 0.05) is 38.0 Å². The van der Waals surface area contributed by atoms with E-state index in [0.717, 1.165) is 6.26 Å². The maximum atomic E-state index is 13.6. The van der Waals surface area contributed by atoms with Gasteiger partial charge in [0.2, 0.25) is 11.7 Å². The number of urea groups is 1. The third kappa shape index (κ3) is 8.12. The Labute approximate surface area is 254 Å². The highest BCUT2D eigenvalue weighted by atomic mass is 32.2. The van der Waals surface area contributed by atoms with Crippen molar-refractivity contribution < 1.29 is 45.1 Å². The summed E-state index contributed by atoms with van der Waals surface area (Å²) in [6.07, 6.45) is 0.503. The number of nitrogens with one attached hydrogen (secondary N) is 2. The van der Waals surface area contributed by atoms with Gasteiger partial charge in [-0.05, 0) is 24.6 Å². The summed E-state index contributed by atoms with van der Waals surface area (Å²) < 4.78 is 68.2. The molecule has 16 heteroatoms. The van der Waals surface area contributed by atoms with E-state index in [-0.39, 0.29) is 13.0 Å². The van der Waals surface area contributed by atoms with Crippen molar-refractivity contribution in [2.24, 2.45) is 0 Å². The zero-order valence-electron chi connectivity index (χ0n) is 24.2. The number of nitrogens with zero attached hydrogens (tertiary/aromatic N) is 2. The number of ether oxygens (including phenoxy) is 2. The Morgan fingerprint density at radius 2 is 1.66 bits per heavy atom. The topological polar surface area (TPSA) is 191 Å². The van der Waals surface area contributed by atoms with Gasteiger partial charge in [0.15, 0.2) is 30.5 Å². The number of morpholine rings is 1. The third-order valence-electron chi connectivity index (χ3n) is 7.03. The predicted octanol–water partition coefficient (Wildman–Crippen LogP) is 0.964. The molecule has 1 fully saturated rings. The van der Waals surface area contributed by atoms with Crippen LogP contribution in [0.5, 0.6) is 5.75 Å². The number of fused-ring (bicyclic) bond motifs is 1. The van der Waals surface area contributed by atoms with Crippen LogP contribution in [0, 0.1) is 0 Å². The number of oxazole rings is 1. The maximum Gasteiger partial charge on any atom is 0.317 e. The number of carbonyl (C=O) groups excluding carboxylic acids is 3. The van der Waals surface area contributed by atoms with Gasteiger partial charge < -0.3 is 29.4 Å². The summed E-state index contributed by atoms with van der Waals surface area (Å²) in [5.74, 6) is -2.51. The van der Waals surface area contributed by atoms with Crippen molar-refractivity contribution in [2.45, 2.75) is 22.7 Å². The van der Waals surface area contributed by atoms with Crippen LogP contribution in [0.1, 0.15) is 22.7 Å². The molecule has 4 rings (SSSR count). The Kier molecular flexibility index (Phi) is 10.6. The first kappa shape index (κ1) is 32.9. The van der Waals surface area contributed by atoms with Crippen molar-refractivity contribution in [3.8, 4) is 5.75 Å². The van der Waals surface area contributed by atoms with Crippen LogP contribution in [-0.2, 0) is 35.0 Å². The van der Waals surface area contributed by atoms with Crippen molar-refractivity contribution in [3.63, 3.8) is 0 Å². The number of benzene rings is 2. The number of hydrogen-bond donors (Lipinski definition) is 2. The van der Waals surface area contributed by atoms with Crippen LogP contribution in [0.15, 0.2) is 52.9 Å². The normalized spacial score (nSPS) is 15.4. The molecule has 0 spiro atoms. The fraction of sp³-hybridized carbons (Fsp3) is 0.429. The number of rotatable bonds is 13. The van der Waals surface area contributed by atoms with Gasteiger partial charge in [-0.2, -0.15) is 0 Å². The molecule has 2 atom stereocenters. The molecular weight excluding hydrogens is 616 g/mol. The number of sulfone groups is 2. The van der Waals surface area contributed by atoms with Gasteiger partial charge in [0.25, 0.3) is 5.89 Å². The number of methoxy groups -OCH3 is 1. The molecule has 0 aliphatic carbocycles. The lowest BCUT2D eigenvalue weighted by Crippen LogP contribution is -2.52. The van der Waals surface area contributed by atoms with Crippen LogP contribution >= 0.6 is 0 Å². The SMILES string of the molecule is COc1ccccc1CS(=O)(=O)C(CNC(=O)N1CCOCC1)C(=O)NCCC(C(=O)c1nc2ccccc2o1)S(C)(=O)=O. The fourth-order valence-corrected chi connectivity index (χ4v) is 7.33. The first-order valence-electron chi connectivity index (χ1n) is 13.7. The molecule has 1 saturated heterocycles. The van der Waals surface area contributed by atoms with E-state index < -0.39 is 66.1 Å². The molecule has 3 amide bonds. The molecule has 2 aromatic carbocycles. The van der Waals surface area contributed by atoms with E-state index in [1.165, 1.54) is 12.0 Å². The van der Waals surface area contributed by atoms with Gasteiger partial charge in [-0.1, -0.05) is 30.3 Å². The lowest BCUT2D eigenvalue weighted by atomic mass is 10.2. The average Bonchev–Trinajstić information content (AvgIpc) is 3.43. The summed E-state index contributed by atoms with van der Waals surface area (Å²) >= 11 is 0. The molecule has 3 aromatic rings. The van der Waals surface area contributed by atoms with Crippen molar-refractivity contribution in [3.05, 3.63) is 60.0 Å². The first-order valence-corrected chi connectivity index (χ1v) is 17.4. The second-order valence-electron chi connectivity index (χ2n) is 10.1. The minimum Gasteiger partial charge on any atom is -0.496 e. The number of aromatic nitrogens is 1. The summed E-state index contributed by atoms with van der Waals surface area (Å²) in [7, 11) is -6.84. The molecule has 238 valence electrons. The Morgan fingerprint density at radius 3 is 2.34 bits per heavy atom. The first-order chi connectivity index (χ1) is 20.9. The third-order valence-corrected chi connectivity index (χ3v) is 10.5. The maximum absolute atomic E-state index is 13.6. The monoisotopic (exact) mass is 650 g/mol. The highest BCUT2D eigenvalue weighted by molar-refractivity contribution is 7.92. The minimum atomic E-state index is -4.25. The van der Waals surface area contributed by atoms with Crippen molar-refractivity contribution in [1.29, 1.82) is 0 Å². The van der Waals surface area contributed by atoms with Crippen LogP contribution in [0.25, 0.3) is 11.1 Å². The van der Waals surface area contributed by atoms with Gasteiger partial charge in [-0.25, -0.2) is 26.6 Å². The van der Waals surface area contributed by atoms with E-state index in [4.69, 9.17) is 13.9 Å². The minimum absolute atomic E-state index is 0.303. The lowest BCUT2D eigenvalue weighted by Gasteiger charge is -2.28. The molecule has 2 N–H and O–H groups in total. The molecule has 44 heavy (non-hydrogen) atoms. The molecular formula is C28H34N4O10S2. The van der Waals surface area contributed by atoms with Crippen LogP contribution in [0.3, 0.4) is 0 Å². The lowest BCUT2D eigenvalue weighted by molar-refractivity contribution is -0.120. The number of para-hydroxylation sites is 3. The number of carbonyl (C=O) groups is 3. The summed E-state index contributed by atoms with van der Waals surface area (Å²) in [5, 5.41) is 1.61. The molecule has 2 unspecified atom stereocenters. The Balaban J connectivity index is 1.49. The molecule has 0 bridgehead atoms. The zero-order chi connectivity index (χ0) is 31.9. The van der Waals surface area contributed by atoms with Gasteiger partial charge >= 0.3 is 6.03 Å². The summed E-state index contributed by atoms with van der Waals surface area (Å²) in [6.45, 7) is 0.354. The van der Waals surface area contributed by atoms with E-state index >= 15 is 0 Å². The second kappa shape index (κ2) is 14.2. The summed E-state index contributed by atoms with van der Waals surface area (Å²) in [5.41, 5.74) is 0.991. The van der Waals surface area contributed by atoms with E-state index in [1.54, 1.807) is 48.5 Å². The van der Waals surface area contributed by atoms with Gasteiger partial charge in [0.1, 0.15) is 16.5 Å². The van der Waals surface area contributed by atoms with Crippen LogP contribution < -0.4 is 15.4 Å². The van der Waals surface area contributed by atoms with E-state index in [1.807, 2.05) is 0 Å². The number of ketones is 1. The second-order valence-corrected chi connectivity index (χ2v) is 14.6. The Hall–Kier alpha value is -4.02. The van der Waals surface area contributed by atoms with E-state index in [0.29, 0.717) is 48.7 Å².